The maximum Gasteiger partial charge on any atom is 0.220 e. The topological polar surface area (TPSA) is 26.0 Å². The molecule has 0 saturated carbocycles. The molecule has 4 nitrogen and oxygen atoms in total. The van der Waals surface area contributed by atoms with E-state index in [1.807, 2.05) is 0 Å². The average molecular weight is 575 g/mol. The fraction of sp³-hybridized carbons (Fsp3) is 0. The third-order valence-electron chi connectivity index (χ3n) is 9.24. The zero-order chi connectivity index (χ0) is 29.5. The molecule has 0 fully saturated rings. The van der Waals surface area contributed by atoms with Crippen LogP contribution < -0.4 is 4.90 Å². The Kier molecular flexibility index (Phi) is 4.96. The number of hydrogen-bond donors (Lipinski definition) is 0. The molecule has 7 aromatic carbocycles. The van der Waals surface area contributed by atoms with Crippen molar-refractivity contribution >= 4 is 60.9 Å². The van der Waals surface area contributed by atoms with Gasteiger partial charge < -0.3 is 4.57 Å². The van der Waals surface area contributed by atoms with Gasteiger partial charge in [-0.1, -0.05) is 109 Å². The summed E-state index contributed by atoms with van der Waals surface area (Å²) >= 11 is 0. The van der Waals surface area contributed by atoms with E-state index in [0.717, 1.165) is 50.6 Å². The smallest absolute Gasteiger partial charge is 0.220 e. The lowest BCUT2D eigenvalue weighted by molar-refractivity contribution is 1.05. The third kappa shape index (κ3) is 3.39. The molecule has 0 aliphatic carbocycles. The first-order valence-electron chi connectivity index (χ1n) is 15.3. The summed E-state index contributed by atoms with van der Waals surface area (Å²) in [4.78, 5) is 7.83. The van der Waals surface area contributed by atoms with Crippen LogP contribution in [0.15, 0.2) is 158 Å². The standard InChI is InChI=1S/C41H26N4/c1-2-13-28(14-3-1)43-35-19-9-6-18-33(35)34-24-23-29(26-39(34)43)44-36-20-10-7-16-31(36)32-17-8-11-21-37(32)45-38-25-22-27-12-4-5-15-30(27)40(38)42-41(44)45/h1-26H. The van der Waals surface area contributed by atoms with E-state index in [1.165, 1.54) is 32.8 Å². The molecule has 2 aromatic heterocycles. The van der Waals surface area contributed by atoms with Gasteiger partial charge in [-0.15, -0.1) is 0 Å². The van der Waals surface area contributed by atoms with Crippen molar-refractivity contribution in [2.24, 2.45) is 0 Å². The van der Waals surface area contributed by atoms with Gasteiger partial charge in [-0.2, -0.15) is 0 Å². The van der Waals surface area contributed by atoms with E-state index in [-0.39, 0.29) is 0 Å². The largest absolute Gasteiger partial charge is 0.309 e. The second-order valence-corrected chi connectivity index (χ2v) is 11.7. The van der Waals surface area contributed by atoms with Crippen molar-refractivity contribution in [1.29, 1.82) is 0 Å². The van der Waals surface area contributed by atoms with Crippen LogP contribution in [0, 0.1) is 0 Å². The van der Waals surface area contributed by atoms with Gasteiger partial charge in [0.1, 0.15) is 0 Å². The van der Waals surface area contributed by atoms with E-state index < -0.39 is 0 Å². The van der Waals surface area contributed by atoms with Crippen LogP contribution >= 0.6 is 0 Å². The van der Waals surface area contributed by atoms with Gasteiger partial charge in [0.15, 0.2) is 0 Å². The van der Waals surface area contributed by atoms with Crippen molar-refractivity contribution in [2.45, 2.75) is 0 Å². The molecule has 0 unspecified atom stereocenters. The first-order chi connectivity index (χ1) is 22.3. The molecular weight excluding hydrogens is 548 g/mol. The molecule has 0 spiro atoms. The fourth-order valence-corrected chi connectivity index (χ4v) is 7.30. The SMILES string of the molecule is c1ccc(-n2c3ccccc3c3ccc(N4c5ccccc5-c5ccccc5-n5c4nc4c6ccccc6ccc45)cc32)cc1. The lowest BCUT2D eigenvalue weighted by Crippen LogP contribution is -2.14. The molecule has 45 heavy (non-hydrogen) atoms. The number of imidazole rings is 1. The van der Waals surface area contributed by atoms with Crippen LogP contribution in [0.25, 0.3) is 66.1 Å². The lowest BCUT2D eigenvalue weighted by atomic mass is 10.0. The second kappa shape index (κ2) is 9.18. The van der Waals surface area contributed by atoms with E-state index in [9.17, 15) is 0 Å². The van der Waals surface area contributed by atoms with Crippen molar-refractivity contribution in [3.8, 4) is 22.5 Å². The Balaban J connectivity index is 1.34. The van der Waals surface area contributed by atoms with Crippen molar-refractivity contribution < 1.29 is 0 Å². The number of fused-ring (bicyclic) bond motifs is 12. The number of nitrogens with zero attached hydrogens (tertiary/aromatic N) is 4. The molecule has 210 valence electrons. The van der Waals surface area contributed by atoms with Gasteiger partial charge in [-0.05, 0) is 53.9 Å². The summed E-state index contributed by atoms with van der Waals surface area (Å²) in [6.07, 6.45) is 0. The fourth-order valence-electron chi connectivity index (χ4n) is 7.30. The minimum atomic E-state index is 0.875. The van der Waals surface area contributed by atoms with Crippen molar-refractivity contribution in [3.05, 3.63) is 158 Å². The van der Waals surface area contributed by atoms with Crippen LogP contribution in [-0.4, -0.2) is 14.1 Å². The molecule has 10 rings (SSSR count). The third-order valence-corrected chi connectivity index (χ3v) is 9.24. The quantitative estimate of drug-likeness (QED) is 0.205. The van der Waals surface area contributed by atoms with Crippen LogP contribution in [0.4, 0.5) is 17.3 Å². The molecule has 0 amide bonds. The molecule has 1 aliphatic heterocycles. The average Bonchev–Trinajstić information content (AvgIpc) is 3.61. The van der Waals surface area contributed by atoms with Gasteiger partial charge in [-0.25, -0.2) is 4.98 Å². The van der Waals surface area contributed by atoms with Gasteiger partial charge in [0.2, 0.25) is 5.95 Å². The van der Waals surface area contributed by atoms with E-state index in [1.54, 1.807) is 0 Å². The van der Waals surface area contributed by atoms with E-state index in [0.29, 0.717) is 0 Å². The molecule has 0 saturated heterocycles. The predicted molar refractivity (Wildman–Crippen MR) is 187 cm³/mol. The second-order valence-electron chi connectivity index (χ2n) is 11.7. The highest BCUT2D eigenvalue weighted by Crippen LogP contribution is 2.48. The zero-order valence-corrected chi connectivity index (χ0v) is 24.3. The Labute approximate surface area is 259 Å². The minimum absolute atomic E-state index is 0.875. The number of anilines is 3. The predicted octanol–water partition coefficient (Wildman–Crippen LogP) is 10.7. The molecule has 0 N–H and O–H groups in total. The number of rotatable bonds is 2. The Bertz CT molecular complexity index is 2610. The molecule has 0 radical (unpaired) electrons. The van der Waals surface area contributed by atoms with E-state index in [4.69, 9.17) is 4.98 Å². The normalized spacial score (nSPS) is 12.4. The molecule has 0 bridgehead atoms. The van der Waals surface area contributed by atoms with Crippen LogP contribution in [0.5, 0.6) is 0 Å². The number of hydrogen-bond acceptors (Lipinski definition) is 2. The first kappa shape index (κ1) is 24.3. The Morgan fingerprint density at radius 1 is 0.400 bits per heavy atom. The van der Waals surface area contributed by atoms with Gasteiger partial charge in [-0.3, -0.25) is 9.47 Å². The summed E-state index contributed by atoms with van der Waals surface area (Å²) in [6, 6.07) is 56.5. The van der Waals surface area contributed by atoms with Gasteiger partial charge in [0.05, 0.1) is 39.1 Å². The van der Waals surface area contributed by atoms with Gasteiger partial charge >= 0.3 is 0 Å². The highest BCUT2D eigenvalue weighted by Gasteiger charge is 2.30. The van der Waals surface area contributed by atoms with E-state index >= 15 is 0 Å². The Morgan fingerprint density at radius 3 is 1.93 bits per heavy atom. The molecule has 9 aromatic rings. The highest BCUT2D eigenvalue weighted by molar-refractivity contribution is 6.11. The number of aromatic nitrogens is 3. The molecule has 1 aliphatic rings. The Hall–Kier alpha value is -6.13. The zero-order valence-electron chi connectivity index (χ0n) is 24.3. The van der Waals surface area contributed by atoms with Crippen LogP contribution in [0.3, 0.4) is 0 Å². The maximum atomic E-state index is 5.48. The van der Waals surface area contributed by atoms with Crippen LogP contribution in [0.2, 0.25) is 0 Å². The van der Waals surface area contributed by atoms with Crippen molar-refractivity contribution in [1.82, 2.24) is 14.1 Å². The molecule has 0 atom stereocenters. The van der Waals surface area contributed by atoms with Crippen LogP contribution in [0.1, 0.15) is 0 Å². The highest BCUT2D eigenvalue weighted by atomic mass is 15.3. The summed E-state index contributed by atoms with van der Waals surface area (Å²) in [7, 11) is 0. The van der Waals surface area contributed by atoms with Crippen molar-refractivity contribution in [2.75, 3.05) is 4.90 Å². The summed E-state index contributed by atoms with van der Waals surface area (Å²) in [5, 5.41) is 4.81. The monoisotopic (exact) mass is 574 g/mol. The first-order valence-corrected chi connectivity index (χ1v) is 15.3. The molecule has 4 heteroatoms. The van der Waals surface area contributed by atoms with E-state index in [2.05, 4.69) is 172 Å². The summed E-state index contributed by atoms with van der Waals surface area (Å²) < 4.78 is 4.72. The van der Waals surface area contributed by atoms with Crippen molar-refractivity contribution in [3.63, 3.8) is 0 Å². The van der Waals surface area contributed by atoms with Gasteiger partial charge in [0, 0.05) is 33.0 Å². The minimum Gasteiger partial charge on any atom is -0.309 e. The number of benzene rings is 7. The number of para-hydroxylation sites is 4. The summed E-state index contributed by atoms with van der Waals surface area (Å²) in [6.45, 7) is 0. The molecule has 3 heterocycles. The van der Waals surface area contributed by atoms with Crippen LogP contribution in [-0.2, 0) is 0 Å². The summed E-state index contributed by atoms with van der Waals surface area (Å²) in [5.41, 5.74) is 11.2. The maximum absolute atomic E-state index is 5.48. The Morgan fingerprint density at radius 2 is 1.07 bits per heavy atom. The van der Waals surface area contributed by atoms with Gasteiger partial charge in [0.25, 0.3) is 0 Å². The lowest BCUT2D eigenvalue weighted by Gasteiger charge is -2.24. The summed E-state index contributed by atoms with van der Waals surface area (Å²) in [5.74, 6) is 0.875. The molecular formula is C41H26N4.